The van der Waals surface area contributed by atoms with Gasteiger partial charge in [-0.15, -0.1) is 0 Å². The SMILES string of the molecule is Cc1ccnc(N(C)[C@H]2CCO[C@@H]2c2cccnc2)c1C#N. The first-order chi connectivity index (χ1) is 10.7. The topological polar surface area (TPSA) is 62.0 Å². The van der Waals surface area contributed by atoms with Crippen LogP contribution in [0.1, 0.15) is 29.2 Å². The van der Waals surface area contributed by atoms with Gasteiger partial charge in [0, 0.05) is 37.8 Å². The highest BCUT2D eigenvalue weighted by atomic mass is 16.5. The molecule has 0 spiro atoms. The molecule has 0 radical (unpaired) electrons. The largest absolute Gasteiger partial charge is 0.371 e. The summed E-state index contributed by atoms with van der Waals surface area (Å²) in [7, 11) is 1.98. The number of rotatable bonds is 3. The van der Waals surface area contributed by atoms with Crippen LogP contribution in [-0.2, 0) is 4.74 Å². The van der Waals surface area contributed by atoms with Crippen molar-refractivity contribution in [2.45, 2.75) is 25.5 Å². The van der Waals surface area contributed by atoms with Crippen LogP contribution in [0.5, 0.6) is 0 Å². The van der Waals surface area contributed by atoms with Gasteiger partial charge in [-0.3, -0.25) is 4.98 Å². The minimum atomic E-state index is -0.0486. The lowest BCUT2D eigenvalue weighted by molar-refractivity contribution is 0.104. The summed E-state index contributed by atoms with van der Waals surface area (Å²) in [6.45, 7) is 2.63. The lowest BCUT2D eigenvalue weighted by Crippen LogP contribution is -2.35. The van der Waals surface area contributed by atoms with Crippen molar-refractivity contribution in [3.8, 4) is 6.07 Å². The fraction of sp³-hybridized carbons (Fsp3) is 0.353. The van der Waals surface area contributed by atoms with Crippen LogP contribution in [0, 0.1) is 18.3 Å². The van der Waals surface area contributed by atoms with Gasteiger partial charge >= 0.3 is 0 Å². The summed E-state index contributed by atoms with van der Waals surface area (Å²) >= 11 is 0. The predicted octanol–water partition coefficient (Wildman–Crippen LogP) is 2.62. The van der Waals surface area contributed by atoms with Crippen molar-refractivity contribution in [1.82, 2.24) is 9.97 Å². The Morgan fingerprint density at radius 3 is 2.95 bits per heavy atom. The predicted molar refractivity (Wildman–Crippen MR) is 83.4 cm³/mol. The second-order valence-corrected chi connectivity index (χ2v) is 5.48. The van der Waals surface area contributed by atoms with Crippen LogP contribution in [-0.4, -0.2) is 29.7 Å². The zero-order chi connectivity index (χ0) is 15.5. The van der Waals surface area contributed by atoms with Gasteiger partial charge in [-0.25, -0.2) is 4.98 Å². The average Bonchev–Trinajstić information content (AvgIpc) is 3.04. The number of ether oxygens (including phenoxy) is 1. The van der Waals surface area contributed by atoms with E-state index in [4.69, 9.17) is 4.74 Å². The van der Waals surface area contributed by atoms with Crippen molar-refractivity contribution in [2.24, 2.45) is 0 Å². The highest BCUT2D eigenvalue weighted by molar-refractivity contribution is 5.57. The van der Waals surface area contributed by atoms with Crippen molar-refractivity contribution in [1.29, 1.82) is 5.26 Å². The summed E-state index contributed by atoms with van der Waals surface area (Å²) < 4.78 is 5.91. The molecule has 1 fully saturated rings. The molecule has 0 aromatic carbocycles. The van der Waals surface area contributed by atoms with Crippen LogP contribution in [0.25, 0.3) is 0 Å². The number of pyridine rings is 2. The molecular weight excluding hydrogens is 276 g/mol. The first-order valence-electron chi connectivity index (χ1n) is 7.32. The van der Waals surface area contributed by atoms with Gasteiger partial charge in [-0.1, -0.05) is 6.07 Å². The van der Waals surface area contributed by atoms with Crippen molar-refractivity contribution in [3.63, 3.8) is 0 Å². The number of hydrogen-bond acceptors (Lipinski definition) is 5. The Morgan fingerprint density at radius 1 is 1.36 bits per heavy atom. The molecule has 0 saturated carbocycles. The molecule has 2 aromatic heterocycles. The van der Waals surface area contributed by atoms with E-state index in [9.17, 15) is 5.26 Å². The number of nitrogens with zero attached hydrogens (tertiary/aromatic N) is 4. The smallest absolute Gasteiger partial charge is 0.146 e. The van der Waals surface area contributed by atoms with Gasteiger partial charge in [0.05, 0.1) is 11.6 Å². The second-order valence-electron chi connectivity index (χ2n) is 5.48. The van der Waals surface area contributed by atoms with Gasteiger partial charge in [-0.05, 0) is 31.0 Å². The molecule has 0 bridgehead atoms. The number of aromatic nitrogens is 2. The molecule has 2 atom stereocenters. The molecule has 0 unspecified atom stereocenters. The van der Waals surface area contributed by atoms with E-state index in [1.807, 2.05) is 38.4 Å². The third-order valence-corrected chi connectivity index (χ3v) is 4.16. The fourth-order valence-corrected chi connectivity index (χ4v) is 2.94. The van der Waals surface area contributed by atoms with E-state index in [0.717, 1.165) is 17.5 Å². The van der Waals surface area contributed by atoms with Crippen LogP contribution in [0.4, 0.5) is 5.82 Å². The Bertz CT molecular complexity index is 696. The molecule has 5 nitrogen and oxygen atoms in total. The van der Waals surface area contributed by atoms with E-state index in [-0.39, 0.29) is 12.1 Å². The molecule has 22 heavy (non-hydrogen) atoms. The Hall–Kier alpha value is -2.45. The van der Waals surface area contributed by atoms with E-state index in [1.165, 1.54) is 0 Å². The van der Waals surface area contributed by atoms with E-state index < -0.39 is 0 Å². The summed E-state index contributed by atoms with van der Waals surface area (Å²) in [6, 6.07) is 8.21. The normalized spacial score (nSPS) is 20.6. The molecule has 112 valence electrons. The molecule has 2 aromatic rings. The maximum Gasteiger partial charge on any atom is 0.146 e. The van der Waals surface area contributed by atoms with E-state index in [2.05, 4.69) is 20.9 Å². The van der Waals surface area contributed by atoms with Crippen LogP contribution >= 0.6 is 0 Å². The lowest BCUT2D eigenvalue weighted by Gasteiger charge is -2.30. The number of anilines is 1. The van der Waals surface area contributed by atoms with Crippen LogP contribution in [0.3, 0.4) is 0 Å². The fourth-order valence-electron chi connectivity index (χ4n) is 2.94. The van der Waals surface area contributed by atoms with Gasteiger partial charge in [0.15, 0.2) is 0 Å². The third-order valence-electron chi connectivity index (χ3n) is 4.16. The third kappa shape index (κ3) is 2.53. The number of likely N-dealkylation sites (N-methyl/N-ethyl adjacent to an activating group) is 1. The maximum absolute atomic E-state index is 9.42. The number of hydrogen-bond donors (Lipinski definition) is 0. The van der Waals surface area contributed by atoms with Gasteiger partial charge in [-0.2, -0.15) is 5.26 Å². The average molecular weight is 294 g/mol. The van der Waals surface area contributed by atoms with E-state index in [1.54, 1.807) is 12.4 Å². The Kier molecular flexibility index (Phi) is 4.03. The van der Waals surface area contributed by atoms with Crippen LogP contribution < -0.4 is 4.90 Å². The quantitative estimate of drug-likeness (QED) is 0.870. The monoisotopic (exact) mass is 294 g/mol. The minimum absolute atomic E-state index is 0.0486. The molecule has 1 aliphatic rings. The molecule has 0 aliphatic carbocycles. The Morgan fingerprint density at radius 2 is 2.23 bits per heavy atom. The summed E-state index contributed by atoms with van der Waals surface area (Å²) in [5.74, 6) is 0.715. The molecule has 3 heterocycles. The van der Waals surface area contributed by atoms with Crippen molar-refractivity contribution in [2.75, 3.05) is 18.6 Å². The van der Waals surface area contributed by atoms with Crippen molar-refractivity contribution < 1.29 is 4.74 Å². The van der Waals surface area contributed by atoms with Crippen molar-refractivity contribution >= 4 is 5.82 Å². The minimum Gasteiger partial charge on any atom is -0.371 e. The molecule has 3 rings (SSSR count). The number of aryl methyl sites for hydroxylation is 1. The van der Waals surface area contributed by atoms with Crippen molar-refractivity contribution in [3.05, 3.63) is 53.5 Å². The molecular formula is C17H18N4O. The first kappa shape index (κ1) is 14.5. The summed E-state index contributed by atoms with van der Waals surface area (Å²) in [6.07, 6.45) is 6.19. The zero-order valence-electron chi connectivity index (χ0n) is 12.7. The second kappa shape index (κ2) is 6.12. The molecule has 1 saturated heterocycles. The van der Waals surface area contributed by atoms with E-state index in [0.29, 0.717) is 18.0 Å². The Labute approximate surface area is 130 Å². The zero-order valence-corrected chi connectivity index (χ0v) is 12.7. The van der Waals surface area contributed by atoms with Gasteiger partial charge in [0.25, 0.3) is 0 Å². The lowest BCUT2D eigenvalue weighted by atomic mass is 10.0. The molecule has 5 heteroatoms. The van der Waals surface area contributed by atoms with Crippen LogP contribution in [0.15, 0.2) is 36.8 Å². The highest BCUT2D eigenvalue weighted by Crippen LogP contribution is 2.34. The van der Waals surface area contributed by atoms with E-state index >= 15 is 0 Å². The first-order valence-corrected chi connectivity index (χ1v) is 7.32. The molecule has 0 N–H and O–H groups in total. The summed E-state index contributed by atoms with van der Waals surface area (Å²) in [5.41, 5.74) is 2.63. The summed E-state index contributed by atoms with van der Waals surface area (Å²) in [4.78, 5) is 10.7. The number of nitriles is 1. The maximum atomic E-state index is 9.42. The van der Waals surface area contributed by atoms with Gasteiger partial charge in [0.2, 0.25) is 0 Å². The Balaban J connectivity index is 1.94. The highest BCUT2D eigenvalue weighted by Gasteiger charge is 2.34. The molecule has 1 aliphatic heterocycles. The van der Waals surface area contributed by atoms with Gasteiger partial charge in [0.1, 0.15) is 18.0 Å². The van der Waals surface area contributed by atoms with Gasteiger partial charge < -0.3 is 9.64 Å². The van der Waals surface area contributed by atoms with Crippen LogP contribution in [0.2, 0.25) is 0 Å². The standard InChI is InChI=1S/C17H18N4O/c1-12-5-8-20-17(14(12)10-18)21(2)15-6-9-22-16(15)13-4-3-7-19-11-13/h3-5,7-8,11,15-16H,6,9H2,1-2H3/t15-,16+/m0/s1. The summed E-state index contributed by atoms with van der Waals surface area (Å²) in [5, 5.41) is 9.42. The molecule has 0 amide bonds.